The maximum Gasteiger partial charge on any atom is 0.328 e. The van der Waals surface area contributed by atoms with Gasteiger partial charge in [0.2, 0.25) is 0 Å². The third kappa shape index (κ3) is 8.05. The minimum Gasteiger partial charge on any atom is -0.489 e. The average molecular weight is 535 g/mol. The van der Waals surface area contributed by atoms with Gasteiger partial charge in [0, 0.05) is 11.8 Å². The van der Waals surface area contributed by atoms with Crippen molar-refractivity contribution in [3.05, 3.63) is 52.0 Å². The van der Waals surface area contributed by atoms with E-state index in [2.05, 4.69) is 4.98 Å². The van der Waals surface area contributed by atoms with Gasteiger partial charge in [-0.15, -0.1) is 11.8 Å². The predicted octanol–water partition coefficient (Wildman–Crippen LogP) is 6.27. The fourth-order valence-electron chi connectivity index (χ4n) is 3.33. The Hall–Kier alpha value is -2.42. The fourth-order valence-corrected chi connectivity index (χ4v) is 4.33. The van der Waals surface area contributed by atoms with E-state index in [1.807, 2.05) is 58.0 Å². The number of hydrogen-bond donors (Lipinski definition) is 0. The molecular formula is C26H31ClN2O4S2. The van der Waals surface area contributed by atoms with Gasteiger partial charge in [0.15, 0.2) is 0 Å². The van der Waals surface area contributed by atoms with Crippen LogP contribution in [0.15, 0.2) is 41.4 Å². The van der Waals surface area contributed by atoms with Gasteiger partial charge in [-0.05, 0) is 68.3 Å². The number of methoxy groups -OCH3 is 1. The second-order valence-corrected chi connectivity index (χ2v) is 9.95. The lowest BCUT2D eigenvalue weighted by molar-refractivity contribution is -0.149. The number of ether oxygens (including phenoxy) is 2. The molecule has 9 heteroatoms. The van der Waals surface area contributed by atoms with Gasteiger partial charge in [0.05, 0.1) is 34.3 Å². The van der Waals surface area contributed by atoms with Crippen LogP contribution in [0.25, 0.3) is 17.3 Å². The maximum absolute atomic E-state index is 13.3. The molecule has 1 amide bonds. The Morgan fingerprint density at radius 1 is 1.20 bits per heavy atom. The van der Waals surface area contributed by atoms with Crippen LogP contribution in [0, 0.1) is 5.92 Å². The van der Waals surface area contributed by atoms with Crippen molar-refractivity contribution < 1.29 is 19.1 Å². The number of nitrogens with zero attached hydrogens (tertiary/aromatic N) is 2. The SMILES string of the molecule is COC(=O)C(CC(C)C)N(C=S)C(=O)/C(=C/c1ccc(-c2ccc(OC(C)C)c(Cl)c2)nc1)SC. The number of aromatic nitrogens is 1. The number of carbonyl (C=O) groups is 2. The molecule has 35 heavy (non-hydrogen) atoms. The Balaban J connectivity index is 2.29. The summed E-state index contributed by atoms with van der Waals surface area (Å²) in [7, 11) is 1.30. The van der Waals surface area contributed by atoms with Gasteiger partial charge in [-0.25, -0.2) is 4.79 Å². The molecular weight excluding hydrogens is 504 g/mol. The van der Waals surface area contributed by atoms with Gasteiger partial charge in [-0.3, -0.25) is 14.7 Å². The Morgan fingerprint density at radius 3 is 2.40 bits per heavy atom. The molecule has 0 aliphatic heterocycles. The lowest BCUT2D eigenvalue weighted by atomic mass is 10.0. The molecule has 1 aromatic heterocycles. The summed E-state index contributed by atoms with van der Waals surface area (Å²) in [5, 5.41) is 0.513. The minimum atomic E-state index is -0.784. The van der Waals surface area contributed by atoms with E-state index in [0.29, 0.717) is 22.1 Å². The molecule has 1 atom stereocenters. The fraction of sp³-hybridized carbons (Fsp3) is 0.385. The highest BCUT2D eigenvalue weighted by Crippen LogP contribution is 2.31. The molecule has 0 fully saturated rings. The second kappa shape index (κ2) is 13.6. The zero-order chi connectivity index (χ0) is 26.1. The monoisotopic (exact) mass is 534 g/mol. The van der Waals surface area contributed by atoms with Crippen molar-refractivity contribution >= 4 is 59.0 Å². The zero-order valence-electron chi connectivity index (χ0n) is 20.8. The van der Waals surface area contributed by atoms with Crippen LogP contribution < -0.4 is 4.74 Å². The van der Waals surface area contributed by atoms with Gasteiger partial charge in [-0.1, -0.05) is 43.7 Å². The first-order valence-electron chi connectivity index (χ1n) is 11.1. The molecule has 0 saturated carbocycles. The first kappa shape index (κ1) is 28.8. The highest BCUT2D eigenvalue weighted by atomic mass is 35.5. The summed E-state index contributed by atoms with van der Waals surface area (Å²) in [6.07, 6.45) is 5.67. The molecule has 0 N–H and O–H groups in total. The van der Waals surface area contributed by atoms with Crippen molar-refractivity contribution in [3.8, 4) is 17.0 Å². The maximum atomic E-state index is 13.3. The number of pyridine rings is 1. The van der Waals surface area contributed by atoms with Crippen LogP contribution in [0.1, 0.15) is 39.7 Å². The second-order valence-electron chi connectivity index (χ2n) is 8.49. The number of thiocarbonyl (C=S) groups is 1. The van der Waals surface area contributed by atoms with Gasteiger partial charge >= 0.3 is 5.97 Å². The molecule has 188 valence electrons. The summed E-state index contributed by atoms with van der Waals surface area (Å²) >= 11 is 12.7. The Kier molecular flexibility index (Phi) is 11.2. The molecule has 0 saturated heterocycles. The molecule has 0 aliphatic carbocycles. The molecule has 6 nitrogen and oxygen atoms in total. The standard InChI is InChI=1S/C26H31ClN2O4S2/c1-16(2)11-22(26(31)32-5)29(15-34)25(30)24(35-6)12-18-7-9-21(28-14-18)19-8-10-23(20(27)13-19)33-17(3)4/h7-10,12-17,22H,11H2,1-6H3/b24-12-. The molecule has 0 bridgehead atoms. The minimum absolute atomic E-state index is 0.0263. The number of amides is 1. The Labute approximate surface area is 222 Å². The molecule has 0 spiro atoms. The smallest absolute Gasteiger partial charge is 0.328 e. The number of rotatable bonds is 11. The number of halogens is 1. The predicted molar refractivity (Wildman–Crippen MR) is 148 cm³/mol. The van der Waals surface area contributed by atoms with E-state index in [1.165, 1.54) is 29.3 Å². The average Bonchev–Trinajstić information content (AvgIpc) is 2.82. The van der Waals surface area contributed by atoms with Crippen molar-refractivity contribution in [1.29, 1.82) is 0 Å². The van der Waals surface area contributed by atoms with Crippen molar-refractivity contribution in [2.24, 2.45) is 5.92 Å². The van der Waals surface area contributed by atoms with Crippen LogP contribution in [0.5, 0.6) is 5.75 Å². The van der Waals surface area contributed by atoms with Crippen LogP contribution in [-0.2, 0) is 14.3 Å². The van der Waals surface area contributed by atoms with E-state index < -0.39 is 12.0 Å². The van der Waals surface area contributed by atoms with E-state index in [-0.39, 0.29) is 17.9 Å². The van der Waals surface area contributed by atoms with Crippen LogP contribution in [0.4, 0.5) is 0 Å². The summed E-state index contributed by atoms with van der Waals surface area (Å²) in [6, 6.07) is 8.48. The number of carbonyl (C=O) groups excluding carboxylic acids is 2. The summed E-state index contributed by atoms with van der Waals surface area (Å²) < 4.78 is 10.6. The van der Waals surface area contributed by atoms with Gasteiger partial charge in [0.1, 0.15) is 11.8 Å². The molecule has 1 unspecified atom stereocenters. The third-order valence-electron chi connectivity index (χ3n) is 4.96. The number of thioether (sulfide) groups is 1. The molecule has 2 aromatic rings. The molecule has 1 heterocycles. The van der Waals surface area contributed by atoms with E-state index in [1.54, 1.807) is 18.5 Å². The van der Waals surface area contributed by atoms with Crippen LogP contribution >= 0.6 is 35.6 Å². The normalized spacial score (nSPS) is 12.4. The zero-order valence-corrected chi connectivity index (χ0v) is 23.2. The van der Waals surface area contributed by atoms with Crippen molar-refractivity contribution in [1.82, 2.24) is 9.88 Å². The van der Waals surface area contributed by atoms with Gasteiger partial charge in [-0.2, -0.15) is 0 Å². The number of esters is 1. The molecule has 1 aromatic carbocycles. The van der Waals surface area contributed by atoms with Crippen LogP contribution in [0.3, 0.4) is 0 Å². The van der Waals surface area contributed by atoms with E-state index in [9.17, 15) is 9.59 Å². The van der Waals surface area contributed by atoms with Crippen LogP contribution in [-0.4, -0.2) is 52.8 Å². The van der Waals surface area contributed by atoms with E-state index in [0.717, 1.165) is 16.8 Å². The quantitative estimate of drug-likeness (QED) is 0.191. The van der Waals surface area contributed by atoms with Crippen molar-refractivity contribution in [2.75, 3.05) is 13.4 Å². The van der Waals surface area contributed by atoms with Crippen molar-refractivity contribution in [3.63, 3.8) is 0 Å². The third-order valence-corrected chi connectivity index (χ3v) is 6.21. The Bertz CT molecular complexity index is 1070. The van der Waals surface area contributed by atoms with Gasteiger partial charge in [0.25, 0.3) is 5.91 Å². The van der Waals surface area contributed by atoms with Crippen LogP contribution in [0.2, 0.25) is 5.02 Å². The highest BCUT2D eigenvalue weighted by Gasteiger charge is 2.31. The number of hydrogen-bond acceptors (Lipinski definition) is 7. The molecule has 2 rings (SSSR count). The summed E-state index contributed by atoms with van der Waals surface area (Å²) in [5.41, 5.74) is 3.54. The molecule has 0 radical (unpaired) electrons. The first-order chi connectivity index (χ1) is 16.6. The lowest BCUT2D eigenvalue weighted by Gasteiger charge is -2.27. The van der Waals surface area contributed by atoms with E-state index >= 15 is 0 Å². The summed E-state index contributed by atoms with van der Waals surface area (Å²) in [5.74, 6) is -0.0653. The van der Waals surface area contributed by atoms with E-state index in [4.69, 9.17) is 33.3 Å². The summed E-state index contributed by atoms with van der Waals surface area (Å²) in [6.45, 7) is 7.83. The molecule has 0 aliphatic rings. The van der Waals surface area contributed by atoms with Gasteiger partial charge < -0.3 is 9.47 Å². The largest absolute Gasteiger partial charge is 0.489 e. The highest BCUT2D eigenvalue weighted by molar-refractivity contribution is 8.03. The van der Waals surface area contributed by atoms with Crippen molar-refractivity contribution in [2.45, 2.75) is 46.3 Å². The lowest BCUT2D eigenvalue weighted by Crippen LogP contribution is -2.45. The summed E-state index contributed by atoms with van der Waals surface area (Å²) in [4.78, 5) is 31.9. The first-order valence-corrected chi connectivity index (χ1v) is 13.2. The number of benzene rings is 1. The topological polar surface area (TPSA) is 68.7 Å². The Morgan fingerprint density at radius 2 is 1.91 bits per heavy atom.